The lowest BCUT2D eigenvalue weighted by atomic mass is 10.2. The number of para-hydroxylation sites is 1. The molecule has 0 radical (unpaired) electrons. The van der Waals surface area contributed by atoms with Gasteiger partial charge in [-0.3, -0.25) is 4.90 Å². The van der Waals surface area contributed by atoms with Gasteiger partial charge in [-0.2, -0.15) is 0 Å². The fourth-order valence-electron chi connectivity index (χ4n) is 3.85. The van der Waals surface area contributed by atoms with Crippen molar-refractivity contribution in [3.05, 3.63) is 24.3 Å². The summed E-state index contributed by atoms with van der Waals surface area (Å²) >= 11 is 1.69. The first-order valence-electron chi connectivity index (χ1n) is 10.6. The number of aromatic nitrogens is 4. The SMILES string of the molecule is CCN(CC)CCSc1nnc2c3ccccc3n(CCN3CCOCC3)c2n1. The summed E-state index contributed by atoms with van der Waals surface area (Å²) in [5, 5.41) is 10.9. The number of fused-ring (bicyclic) bond motifs is 3. The molecule has 0 amide bonds. The topological polar surface area (TPSA) is 59.3 Å². The summed E-state index contributed by atoms with van der Waals surface area (Å²) in [6, 6.07) is 8.42. The van der Waals surface area contributed by atoms with Crippen LogP contribution < -0.4 is 0 Å². The molecule has 8 heteroatoms. The number of rotatable bonds is 9. The number of hydrogen-bond acceptors (Lipinski definition) is 7. The van der Waals surface area contributed by atoms with Crippen molar-refractivity contribution in [3.63, 3.8) is 0 Å². The number of thioether (sulfide) groups is 1. The van der Waals surface area contributed by atoms with Crippen molar-refractivity contribution in [2.24, 2.45) is 0 Å². The van der Waals surface area contributed by atoms with E-state index in [0.29, 0.717) is 0 Å². The first kappa shape index (κ1) is 20.5. The highest BCUT2D eigenvalue weighted by atomic mass is 32.2. The quantitative estimate of drug-likeness (QED) is 0.499. The van der Waals surface area contributed by atoms with Crippen LogP contribution in [0.2, 0.25) is 0 Å². The van der Waals surface area contributed by atoms with Crippen LogP contribution in [0.5, 0.6) is 0 Å². The average Bonchev–Trinajstić information content (AvgIpc) is 3.09. The maximum atomic E-state index is 5.48. The smallest absolute Gasteiger partial charge is 0.211 e. The van der Waals surface area contributed by atoms with Gasteiger partial charge in [-0.15, -0.1) is 10.2 Å². The van der Waals surface area contributed by atoms with Gasteiger partial charge in [0.1, 0.15) is 5.52 Å². The van der Waals surface area contributed by atoms with Gasteiger partial charge in [-0.1, -0.05) is 43.8 Å². The molecule has 0 bridgehead atoms. The van der Waals surface area contributed by atoms with Crippen molar-refractivity contribution in [2.45, 2.75) is 25.5 Å². The maximum Gasteiger partial charge on any atom is 0.211 e. The second kappa shape index (κ2) is 9.84. The Morgan fingerprint density at radius 1 is 1.07 bits per heavy atom. The lowest BCUT2D eigenvalue weighted by molar-refractivity contribution is 0.0366. The monoisotopic (exact) mass is 414 g/mol. The minimum Gasteiger partial charge on any atom is -0.379 e. The molecular weight excluding hydrogens is 384 g/mol. The van der Waals surface area contributed by atoms with E-state index in [4.69, 9.17) is 9.72 Å². The van der Waals surface area contributed by atoms with Crippen molar-refractivity contribution in [3.8, 4) is 0 Å². The number of nitrogens with zero attached hydrogens (tertiary/aromatic N) is 6. The van der Waals surface area contributed by atoms with Crippen LogP contribution in [0.25, 0.3) is 22.1 Å². The van der Waals surface area contributed by atoms with Crippen LogP contribution in [-0.2, 0) is 11.3 Å². The number of hydrogen-bond donors (Lipinski definition) is 0. The highest BCUT2D eigenvalue weighted by Crippen LogP contribution is 2.27. The Kier molecular flexibility index (Phi) is 6.97. The third-order valence-corrected chi connectivity index (χ3v) is 6.45. The first-order chi connectivity index (χ1) is 14.3. The minimum absolute atomic E-state index is 0.764. The average molecular weight is 415 g/mol. The third kappa shape index (κ3) is 4.71. The lowest BCUT2D eigenvalue weighted by Gasteiger charge is -2.26. The fraction of sp³-hybridized carbons (Fsp3) is 0.571. The van der Waals surface area contributed by atoms with E-state index in [0.717, 1.165) is 86.5 Å². The first-order valence-corrected chi connectivity index (χ1v) is 11.6. The van der Waals surface area contributed by atoms with Gasteiger partial charge >= 0.3 is 0 Å². The van der Waals surface area contributed by atoms with Crippen molar-refractivity contribution in [1.82, 2.24) is 29.5 Å². The molecule has 1 aliphatic rings. The van der Waals surface area contributed by atoms with E-state index < -0.39 is 0 Å². The molecule has 1 aliphatic heterocycles. The van der Waals surface area contributed by atoms with Crippen molar-refractivity contribution >= 4 is 33.8 Å². The molecule has 3 aromatic rings. The van der Waals surface area contributed by atoms with Gasteiger partial charge in [0.25, 0.3) is 0 Å². The molecular formula is C21H30N6OS. The summed E-state index contributed by atoms with van der Waals surface area (Å²) in [7, 11) is 0. The number of morpholine rings is 1. The van der Waals surface area contributed by atoms with Crippen LogP contribution in [0.15, 0.2) is 29.4 Å². The number of ether oxygens (including phenoxy) is 1. The predicted molar refractivity (Wildman–Crippen MR) is 119 cm³/mol. The van der Waals surface area contributed by atoms with Gasteiger partial charge in [0.05, 0.1) is 18.7 Å². The van der Waals surface area contributed by atoms with Crippen LogP contribution in [0, 0.1) is 0 Å². The molecule has 7 nitrogen and oxygen atoms in total. The Morgan fingerprint density at radius 2 is 1.86 bits per heavy atom. The molecule has 0 spiro atoms. The van der Waals surface area contributed by atoms with E-state index in [1.807, 2.05) is 0 Å². The van der Waals surface area contributed by atoms with Crippen LogP contribution in [0.3, 0.4) is 0 Å². The summed E-state index contributed by atoms with van der Waals surface area (Å²) in [5.41, 5.74) is 3.03. The molecule has 0 atom stereocenters. The Balaban J connectivity index is 1.57. The molecule has 3 heterocycles. The minimum atomic E-state index is 0.764. The summed E-state index contributed by atoms with van der Waals surface area (Å²) in [5.74, 6) is 0.975. The van der Waals surface area contributed by atoms with E-state index in [9.17, 15) is 0 Å². The molecule has 0 N–H and O–H groups in total. The zero-order valence-electron chi connectivity index (χ0n) is 17.4. The Labute approximate surface area is 176 Å². The normalized spacial score (nSPS) is 15.7. The van der Waals surface area contributed by atoms with Crippen LogP contribution in [-0.4, -0.2) is 87.8 Å². The van der Waals surface area contributed by atoms with Crippen LogP contribution >= 0.6 is 11.8 Å². The predicted octanol–water partition coefficient (Wildman–Crippen LogP) is 2.75. The standard InChI is InChI=1S/C21H30N6OS/c1-3-25(4-2)13-16-29-21-22-20-19(23-24-21)17-7-5-6-8-18(17)27(20)10-9-26-11-14-28-15-12-26/h5-8H,3-4,9-16H2,1-2H3. The Bertz CT molecular complexity index is 935. The molecule has 0 unspecified atom stereocenters. The van der Waals surface area contributed by atoms with Gasteiger partial charge in [0.15, 0.2) is 5.65 Å². The molecule has 1 fully saturated rings. The van der Waals surface area contributed by atoms with Crippen molar-refractivity contribution in [1.29, 1.82) is 0 Å². The van der Waals surface area contributed by atoms with Gasteiger partial charge in [0, 0.05) is 43.9 Å². The van der Waals surface area contributed by atoms with Gasteiger partial charge < -0.3 is 14.2 Å². The molecule has 4 rings (SSSR count). The van der Waals surface area contributed by atoms with E-state index >= 15 is 0 Å². The molecule has 0 saturated carbocycles. The lowest BCUT2D eigenvalue weighted by Crippen LogP contribution is -2.38. The molecule has 2 aromatic heterocycles. The van der Waals surface area contributed by atoms with E-state index in [1.165, 1.54) is 5.52 Å². The Morgan fingerprint density at radius 3 is 2.66 bits per heavy atom. The maximum absolute atomic E-state index is 5.48. The fourth-order valence-corrected chi connectivity index (χ4v) is 4.63. The Hall–Kier alpha value is -1.74. The second-order valence-electron chi connectivity index (χ2n) is 7.26. The number of benzene rings is 1. The second-order valence-corrected chi connectivity index (χ2v) is 8.33. The molecule has 1 aromatic carbocycles. The van der Waals surface area contributed by atoms with Gasteiger partial charge in [-0.25, -0.2) is 4.98 Å². The van der Waals surface area contributed by atoms with Gasteiger partial charge in [0.2, 0.25) is 5.16 Å². The highest BCUT2D eigenvalue weighted by molar-refractivity contribution is 7.99. The summed E-state index contributed by atoms with van der Waals surface area (Å²) in [4.78, 5) is 9.79. The van der Waals surface area contributed by atoms with E-state index in [2.05, 4.69) is 62.7 Å². The largest absolute Gasteiger partial charge is 0.379 e. The molecule has 29 heavy (non-hydrogen) atoms. The summed E-state index contributed by atoms with van der Waals surface area (Å²) in [6.45, 7) is 13.1. The van der Waals surface area contributed by atoms with E-state index in [1.54, 1.807) is 11.8 Å². The molecule has 156 valence electrons. The summed E-state index contributed by atoms with van der Waals surface area (Å²) < 4.78 is 7.79. The summed E-state index contributed by atoms with van der Waals surface area (Å²) in [6.07, 6.45) is 0. The molecule has 0 aliphatic carbocycles. The third-order valence-electron chi connectivity index (χ3n) is 5.63. The van der Waals surface area contributed by atoms with Crippen LogP contribution in [0.1, 0.15) is 13.8 Å². The van der Waals surface area contributed by atoms with Crippen molar-refractivity contribution < 1.29 is 4.74 Å². The van der Waals surface area contributed by atoms with Crippen LogP contribution in [0.4, 0.5) is 0 Å². The zero-order chi connectivity index (χ0) is 20.1. The highest BCUT2D eigenvalue weighted by Gasteiger charge is 2.17. The van der Waals surface area contributed by atoms with Gasteiger partial charge in [-0.05, 0) is 19.2 Å². The molecule has 1 saturated heterocycles. The zero-order valence-corrected chi connectivity index (χ0v) is 18.2. The van der Waals surface area contributed by atoms with E-state index in [-0.39, 0.29) is 0 Å². The van der Waals surface area contributed by atoms with Crippen molar-refractivity contribution in [2.75, 3.05) is 58.2 Å².